The highest BCUT2D eigenvalue weighted by Gasteiger charge is 2.27. The lowest BCUT2D eigenvalue weighted by atomic mass is 9.87. The van der Waals surface area contributed by atoms with Crippen LogP contribution in [0.1, 0.15) is 42.1 Å². The number of ether oxygens (including phenoxy) is 1. The fraction of sp³-hybridized carbons (Fsp3) is 0.571. The van der Waals surface area contributed by atoms with E-state index in [0.29, 0.717) is 0 Å². The summed E-state index contributed by atoms with van der Waals surface area (Å²) >= 11 is 0. The first-order valence-corrected chi connectivity index (χ1v) is 5.82. The van der Waals surface area contributed by atoms with Gasteiger partial charge in [-0.1, -0.05) is 6.07 Å². The van der Waals surface area contributed by atoms with Gasteiger partial charge in [-0.2, -0.15) is 0 Å². The molecule has 0 spiro atoms. The second kappa shape index (κ2) is 4.67. The molecule has 3 nitrogen and oxygen atoms in total. The van der Waals surface area contributed by atoms with E-state index in [9.17, 15) is 5.11 Å². The van der Waals surface area contributed by atoms with Crippen molar-refractivity contribution in [1.29, 1.82) is 0 Å². The molecule has 1 unspecified atom stereocenters. The summed E-state index contributed by atoms with van der Waals surface area (Å²) in [7, 11) is 1.67. The average Bonchev–Trinajstić information content (AvgIpc) is 2.22. The number of hydrogen-bond donors (Lipinski definition) is 2. The zero-order chi connectivity index (χ0) is 13.4. The predicted molar refractivity (Wildman–Crippen MR) is 70.4 cm³/mol. The summed E-state index contributed by atoms with van der Waals surface area (Å²) in [4.78, 5) is 0. The molecule has 0 amide bonds. The first-order valence-electron chi connectivity index (χ1n) is 5.82. The highest BCUT2D eigenvalue weighted by molar-refractivity contribution is 5.50. The number of hydrogen-bond acceptors (Lipinski definition) is 3. The normalized spacial score (nSPS) is 13.6. The van der Waals surface area contributed by atoms with Gasteiger partial charge in [0.1, 0.15) is 5.75 Å². The van der Waals surface area contributed by atoms with Crippen LogP contribution in [0.15, 0.2) is 6.07 Å². The van der Waals surface area contributed by atoms with Crippen molar-refractivity contribution >= 4 is 0 Å². The van der Waals surface area contributed by atoms with E-state index in [0.717, 1.165) is 28.0 Å². The Bertz CT molecular complexity index is 419. The summed E-state index contributed by atoms with van der Waals surface area (Å²) < 4.78 is 5.37. The van der Waals surface area contributed by atoms with Gasteiger partial charge in [-0.15, -0.1) is 0 Å². The molecule has 0 fully saturated rings. The summed E-state index contributed by atoms with van der Waals surface area (Å²) in [6.45, 7) is 9.48. The van der Waals surface area contributed by atoms with E-state index < -0.39 is 11.6 Å². The van der Waals surface area contributed by atoms with Crippen molar-refractivity contribution in [3.63, 3.8) is 0 Å². The van der Waals surface area contributed by atoms with E-state index >= 15 is 0 Å². The van der Waals surface area contributed by atoms with Gasteiger partial charge in [-0.05, 0) is 56.9 Å². The molecule has 0 aromatic heterocycles. The molecule has 17 heavy (non-hydrogen) atoms. The van der Waals surface area contributed by atoms with E-state index in [2.05, 4.69) is 0 Å². The Kier molecular flexibility index (Phi) is 3.84. The van der Waals surface area contributed by atoms with Crippen molar-refractivity contribution in [2.75, 3.05) is 7.11 Å². The van der Waals surface area contributed by atoms with Crippen molar-refractivity contribution in [1.82, 2.24) is 0 Å². The quantitative estimate of drug-likeness (QED) is 0.848. The third kappa shape index (κ3) is 2.61. The van der Waals surface area contributed by atoms with Crippen LogP contribution in [0.5, 0.6) is 5.75 Å². The van der Waals surface area contributed by atoms with Gasteiger partial charge in [0.05, 0.1) is 18.8 Å². The molecule has 3 heteroatoms. The minimum absolute atomic E-state index is 0.397. The van der Waals surface area contributed by atoms with Crippen molar-refractivity contribution in [3.05, 3.63) is 28.3 Å². The van der Waals surface area contributed by atoms with Gasteiger partial charge in [-0.25, -0.2) is 0 Å². The van der Waals surface area contributed by atoms with Gasteiger partial charge in [0.2, 0.25) is 0 Å². The molecule has 0 aliphatic heterocycles. The lowest BCUT2D eigenvalue weighted by Gasteiger charge is -2.29. The van der Waals surface area contributed by atoms with Crippen molar-refractivity contribution < 1.29 is 9.84 Å². The molecule has 0 saturated carbocycles. The lowest BCUT2D eigenvalue weighted by molar-refractivity contribution is 0.0514. The minimum Gasteiger partial charge on any atom is -0.496 e. The monoisotopic (exact) mass is 237 g/mol. The van der Waals surface area contributed by atoms with Crippen molar-refractivity contribution in [2.45, 2.75) is 46.3 Å². The zero-order valence-electron chi connectivity index (χ0n) is 11.6. The third-order valence-electron chi connectivity index (χ3n) is 3.37. The van der Waals surface area contributed by atoms with Crippen LogP contribution in [-0.2, 0) is 0 Å². The van der Waals surface area contributed by atoms with Crippen LogP contribution in [0.2, 0.25) is 0 Å². The number of methoxy groups -OCH3 is 1. The highest BCUT2D eigenvalue weighted by Crippen LogP contribution is 2.34. The van der Waals surface area contributed by atoms with Gasteiger partial charge in [0.15, 0.2) is 0 Å². The molecule has 0 saturated heterocycles. The Morgan fingerprint density at radius 2 is 1.76 bits per heavy atom. The molecule has 0 bridgehead atoms. The number of rotatable bonds is 3. The molecule has 1 aromatic carbocycles. The Hall–Kier alpha value is -1.06. The molecule has 3 N–H and O–H groups in total. The van der Waals surface area contributed by atoms with Gasteiger partial charge >= 0.3 is 0 Å². The summed E-state index contributed by atoms with van der Waals surface area (Å²) in [6.07, 6.45) is 0. The molecule has 1 aromatic rings. The maximum atomic E-state index is 10.0. The fourth-order valence-electron chi connectivity index (χ4n) is 2.11. The van der Waals surface area contributed by atoms with E-state index in [1.54, 1.807) is 21.0 Å². The van der Waals surface area contributed by atoms with Gasteiger partial charge in [0.25, 0.3) is 0 Å². The molecule has 0 aliphatic rings. The van der Waals surface area contributed by atoms with Crippen LogP contribution >= 0.6 is 0 Å². The predicted octanol–water partition coefficient (Wildman–Crippen LogP) is 2.39. The van der Waals surface area contributed by atoms with Crippen LogP contribution in [0, 0.1) is 20.8 Å². The van der Waals surface area contributed by atoms with Crippen LogP contribution in [0.4, 0.5) is 0 Å². The summed E-state index contributed by atoms with van der Waals surface area (Å²) in [5.74, 6) is 0.897. The van der Waals surface area contributed by atoms with Gasteiger partial charge in [0, 0.05) is 0 Å². The first-order chi connectivity index (χ1) is 7.70. The van der Waals surface area contributed by atoms with Crippen molar-refractivity contribution in [2.24, 2.45) is 5.73 Å². The molecule has 0 radical (unpaired) electrons. The third-order valence-corrected chi connectivity index (χ3v) is 3.37. The number of nitrogens with two attached hydrogens (primary N) is 1. The van der Waals surface area contributed by atoms with Gasteiger partial charge < -0.3 is 15.6 Å². The largest absolute Gasteiger partial charge is 0.496 e. The molecule has 1 atom stereocenters. The topological polar surface area (TPSA) is 55.5 Å². The summed E-state index contributed by atoms with van der Waals surface area (Å²) in [6, 6.07) is 1.61. The van der Waals surface area contributed by atoms with Crippen molar-refractivity contribution in [3.8, 4) is 5.75 Å². The van der Waals surface area contributed by atoms with Crippen LogP contribution in [-0.4, -0.2) is 17.8 Å². The Balaban J connectivity index is 3.38. The molecular formula is C14H23NO2. The molecule has 1 rings (SSSR count). The first kappa shape index (κ1) is 14.0. The Morgan fingerprint density at radius 3 is 2.18 bits per heavy atom. The number of aliphatic hydroxyl groups is 1. The van der Waals surface area contributed by atoms with Crippen LogP contribution < -0.4 is 10.5 Å². The van der Waals surface area contributed by atoms with E-state index in [-0.39, 0.29) is 0 Å². The average molecular weight is 237 g/mol. The second-order valence-corrected chi connectivity index (χ2v) is 5.20. The lowest BCUT2D eigenvalue weighted by Crippen LogP contribution is -2.35. The highest BCUT2D eigenvalue weighted by atomic mass is 16.5. The summed E-state index contributed by atoms with van der Waals surface area (Å²) in [5, 5.41) is 10.0. The number of aryl methyl sites for hydroxylation is 1. The minimum atomic E-state index is -0.932. The summed E-state index contributed by atoms with van der Waals surface area (Å²) in [5.41, 5.74) is 9.38. The maximum Gasteiger partial charge on any atom is 0.124 e. The molecule has 0 aliphatic carbocycles. The Morgan fingerprint density at radius 1 is 1.24 bits per heavy atom. The Labute approximate surface area is 104 Å². The maximum absolute atomic E-state index is 10.0. The fourth-order valence-corrected chi connectivity index (χ4v) is 2.11. The molecule has 0 heterocycles. The van der Waals surface area contributed by atoms with Crippen LogP contribution in [0.25, 0.3) is 0 Å². The van der Waals surface area contributed by atoms with E-state index in [1.165, 1.54) is 0 Å². The van der Waals surface area contributed by atoms with Gasteiger partial charge in [-0.3, -0.25) is 0 Å². The second-order valence-electron chi connectivity index (χ2n) is 5.20. The molecular weight excluding hydrogens is 214 g/mol. The van der Waals surface area contributed by atoms with E-state index in [4.69, 9.17) is 10.5 Å². The smallest absolute Gasteiger partial charge is 0.124 e. The molecule has 96 valence electrons. The SMILES string of the molecule is COc1c(C)cc(C(N)C(C)(C)O)c(C)c1C. The standard InChI is InChI=1S/C14H23NO2/c1-8-7-11(13(15)14(4,5)16)9(2)10(3)12(8)17-6/h7,13,16H,15H2,1-6H3. The van der Waals surface area contributed by atoms with E-state index in [1.807, 2.05) is 26.8 Å². The zero-order valence-corrected chi connectivity index (χ0v) is 11.6. The van der Waals surface area contributed by atoms with Crippen LogP contribution in [0.3, 0.4) is 0 Å². The number of benzene rings is 1.